The molecule has 11 heteroatoms. The standard InChI is InChI=1S/C25H22N6O5/c1-12-21(13(2)30-29-12)17-6-7-19-18(26-17)9-20(36-19)25(23(33)27-24(34)28-25)11-31-10-14-4-5-15(35-3)8-16(14)22(31)32/h4-9H,10-11H2,1-3H3,(H,29,30)(H2,27,28,33,34). The van der Waals surface area contributed by atoms with Crippen molar-refractivity contribution < 1.29 is 23.5 Å². The monoisotopic (exact) mass is 486 g/mol. The number of methoxy groups -OCH3 is 1. The fraction of sp³-hybridized carbons (Fsp3) is 0.240. The highest BCUT2D eigenvalue weighted by Gasteiger charge is 2.53. The van der Waals surface area contributed by atoms with Gasteiger partial charge in [-0.05, 0) is 43.7 Å². The zero-order valence-electron chi connectivity index (χ0n) is 19.8. The van der Waals surface area contributed by atoms with Gasteiger partial charge in [0.15, 0.2) is 11.1 Å². The maximum absolute atomic E-state index is 13.2. The molecular formula is C25H22N6O5. The molecule has 1 fully saturated rings. The molecule has 11 nitrogen and oxygen atoms in total. The van der Waals surface area contributed by atoms with Gasteiger partial charge in [0, 0.05) is 29.4 Å². The van der Waals surface area contributed by atoms with Crippen LogP contribution in [-0.4, -0.2) is 51.6 Å². The predicted molar refractivity (Wildman–Crippen MR) is 127 cm³/mol. The van der Waals surface area contributed by atoms with Crippen molar-refractivity contribution in [2.45, 2.75) is 25.9 Å². The number of nitrogens with one attached hydrogen (secondary N) is 3. The van der Waals surface area contributed by atoms with Gasteiger partial charge in [-0.3, -0.25) is 20.0 Å². The minimum Gasteiger partial charge on any atom is -0.497 e. The van der Waals surface area contributed by atoms with E-state index in [1.54, 1.807) is 24.3 Å². The van der Waals surface area contributed by atoms with E-state index in [4.69, 9.17) is 14.1 Å². The van der Waals surface area contributed by atoms with E-state index >= 15 is 0 Å². The quantitative estimate of drug-likeness (QED) is 0.368. The van der Waals surface area contributed by atoms with Crippen molar-refractivity contribution in [2.24, 2.45) is 0 Å². The Balaban J connectivity index is 1.40. The molecule has 0 spiro atoms. The number of amides is 4. The summed E-state index contributed by atoms with van der Waals surface area (Å²) in [5, 5.41) is 12.2. The summed E-state index contributed by atoms with van der Waals surface area (Å²) < 4.78 is 11.3. The number of nitrogens with zero attached hydrogens (tertiary/aromatic N) is 3. The predicted octanol–water partition coefficient (Wildman–Crippen LogP) is 2.53. The molecule has 5 heterocycles. The van der Waals surface area contributed by atoms with Crippen molar-refractivity contribution in [3.8, 4) is 17.0 Å². The minimum atomic E-state index is -1.61. The molecule has 36 heavy (non-hydrogen) atoms. The van der Waals surface area contributed by atoms with Crippen LogP contribution >= 0.6 is 0 Å². The van der Waals surface area contributed by atoms with Crippen molar-refractivity contribution in [1.82, 2.24) is 30.7 Å². The van der Waals surface area contributed by atoms with Crippen molar-refractivity contribution in [3.05, 3.63) is 64.7 Å². The van der Waals surface area contributed by atoms with Gasteiger partial charge in [-0.2, -0.15) is 5.10 Å². The molecule has 0 radical (unpaired) electrons. The van der Waals surface area contributed by atoms with Crippen molar-refractivity contribution in [1.29, 1.82) is 0 Å². The number of carbonyl (C=O) groups excluding carboxylic acids is 3. The van der Waals surface area contributed by atoms with Crippen molar-refractivity contribution in [3.63, 3.8) is 0 Å². The van der Waals surface area contributed by atoms with E-state index in [1.165, 1.54) is 12.0 Å². The number of aromatic amines is 1. The van der Waals surface area contributed by atoms with Gasteiger partial charge < -0.3 is 19.4 Å². The Morgan fingerprint density at radius 3 is 2.67 bits per heavy atom. The van der Waals surface area contributed by atoms with Crippen LogP contribution in [0.5, 0.6) is 5.75 Å². The largest absolute Gasteiger partial charge is 0.497 e. The second kappa shape index (κ2) is 7.67. The highest BCUT2D eigenvalue weighted by Crippen LogP contribution is 2.35. The normalized spacial score (nSPS) is 19.1. The second-order valence-corrected chi connectivity index (χ2v) is 9.00. The Kier molecular flexibility index (Phi) is 4.65. The summed E-state index contributed by atoms with van der Waals surface area (Å²) in [6, 6.07) is 9.81. The van der Waals surface area contributed by atoms with E-state index in [0.29, 0.717) is 28.1 Å². The molecule has 182 valence electrons. The highest BCUT2D eigenvalue weighted by atomic mass is 16.5. The smallest absolute Gasteiger partial charge is 0.322 e. The Hall–Kier alpha value is -4.67. The molecule has 2 aliphatic rings. The molecule has 1 aromatic carbocycles. The number of rotatable bonds is 5. The van der Waals surface area contributed by atoms with E-state index in [-0.39, 0.29) is 24.8 Å². The van der Waals surface area contributed by atoms with Crippen LogP contribution in [0.3, 0.4) is 0 Å². The number of benzene rings is 1. The lowest BCUT2D eigenvalue weighted by molar-refractivity contribution is -0.125. The SMILES string of the molecule is COc1ccc2c(c1)C(=O)N(CC1(c3cc4nc(-c5c(C)n[nH]c5C)ccc4o3)NC(=O)NC1=O)C2. The average Bonchev–Trinajstić information content (AvgIpc) is 3.59. The van der Waals surface area contributed by atoms with Gasteiger partial charge in [0.2, 0.25) is 0 Å². The van der Waals surface area contributed by atoms with E-state index in [0.717, 1.165) is 22.5 Å². The number of fused-ring (bicyclic) bond motifs is 2. The summed E-state index contributed by atoms with van der Waals surface area (Å²) in [6.45, 7) is 3.97. The van der Waals surface area contributed by atoms with Gasteiger partial charge in [-0.25, -0.2) is 9.78 Å². The van der Waals surface area contributed by atoms with Gasteiger partial charge in [0.25, 0.3) is 11.8 Å². The molecule has 6 rings (SSSR count). The van der Waals surface area contributed by atoms with Crippen LogP contribution in [0, 0.1) is 13.8 Å². The molecule has 0 aliphatic carbocycles. The molecular weight excluding hydrogens is 464 g/mol. The van der Waals surface area contributed by atoms with Crippen LogP contribution in [-0.2, 0) is 16.9 Å². The topological polar surface area (TPSA) is 142 Å². The van der Waals surface area contributed by atoms with Crippen LogP contribution in [0.15, 0.2) is 40.8 Å². The first-order valence-corrected chi connectivity index (χ1v) is 11.3. The Morgan fingerprint density at radius 2 is 1.97 bits per heavy atom. The number of aryl methyl sites for hydroxylation is 2. The molecule has 3 aromatic heterocycles. The molecule has 3 N–H and O–H groups in total. The van der Waals surface area contributed by atoms with Crippen LogP contribution < -0.4 is 15.4 Å². The molecule has 4 aromatic rings. The first kappa shape index (κ1) is 21.8. The number of carbonyl (C=O) groups is 3. The molecule has 1 saturated heterocycles. The van der Waals surface area contributed by atoms with E-state index in [1.807, 2.05) is 26.0 Å². The Labute approximate surface area is 204 Å². The van der Waals surface area contributed by atoms with Gasteiger partial charge in [-0.1, -0.05) is 6.07 Å². The van der Waals surface area contributed by atoms with Crippen LogP contribution in [0.1, 0.15) is 33.1 Å². The fourth-order valence-electron chi connectivity index (χ4n) is 4.94. The maximum atomic E-state index is 13.2. The maximum Gasteiger partial charge on any atom is 0.322 e. The fourth-order valence-corrected chi connectivity index (χ4v) is 4.94. The summed E-state index contributed by atoms with van der Waals surface area (Å²) in [7, 11) is 1.53. The number of pyridine rings is 1. The molecule has 0 saturated carbocycles. The first-order valence-electron chi connectivity index (χ1n) is 11.3. The number of hydrogen-bond donors (Lipinski definition) is 3. The molecule has 1 atom stereocenters. The van der Waals surface area contributed by atoms with Crippen molar-refractivity contribution in [2.75, 3.05) is 13.7 Å². The number of furan rings is 1. The first-order chi connectivity index (χ1) is 17.3. The number of aromatic nitrogens is 3. The number of urea groups is 1. The van der Waals surface area contributed by atoms with Crippen molar-refractivity contribution >= 4 is 28.9 Å². The molecule has 4 amide bonds. The summed E-state index contributed by atoms with van der Waals surface area (Å²) in [5.74, 6) is -0.116. The third kappa shape index (κ3) is 3.16. The molecule has 2 aliphatic heterocycles. The Morgan fingerprint density at radius 1 is 1.14 bits per heavy atom. The third-order valence-corrected chi connectivity index (χ3v) is 6.74. The third-order valence-electron chi connectivity index (χ3n) is 6.74. The van der Waals surface area contributed by atoms with Gasteiger partial charge in [0.05, 0.1) is 25.0 Å². The summed E-state index contributed by atoms with van der Waals surface area (Å²) in [5.41, 5.74) is 3.93. The minimum absolute atomic E-state index is 0.118. The second-order valence-electron chi connectivity index (χ2n) is 9.00. The molecule has 0 bridgehead atoms. The number of H-pyrrole nitrogens is 1. The molecule has 1 unspecified atom stereocenters. The summed E-state index contributed by atoms with van der Waals surface area (Å²) >= 11 is 0. The number of hydrogen-bond acceptors (Lipinski definition) is 7. The van der Waals surface area contributed by atoms with E-state index in [9.17, 15) is 14.4 Å². The highest BCUT2D eigenvalue weighted by molar-refractivity contribution is 6.08. The zero-order chi connectivity index (χ0) is 25.2. The summed E-state index contributed by atoms with van der Waals surface area (Å²) in [4.78, 5) is 44.8. The van der Waals surface area contributed by atoms with Crippen LogP contribution in [0.4, 0.5) is 4.79 Å². The average molecular weight is 486 g/mol. The van der Waals surface area contributed by atoms with Gasteiger partial charge in [0.1, 0.15) is 17.0 Å². The van der Waals surface area contributed by atoms with E-state index < -0.39 is 17.5 Å². The zero-order valence-corrected chi connectivity index (χ0v) is 19.8. The number of imide groups is 1. The summed E-state index contributed by atoms with van der Waals surface area (Å²) in [6.07, 6.45) is 0. The Bertz CT molecular complexity index is 1570. The lowest BCUT2D eigenvalue weighted by atomic mass is 9.95. The lowest BCUT2D eigenvalue weighted by Crippen LogP contribution is -2.52. The van der Waals surface area contributed by atoms with Crippen LogP contribution in [0.2, 0.25) is 0 Å². The number of ether oxygens (including phenoxy) is 1. The van der Waals surface area contributed by atoms with Gasteiger partial charge >= 0.3 is 6.03 Å². The van der Waals surface area contributed by atoms with E-state index in [2.05, 4.69) is 20.8 Å². The van der Waals surface area contributed by atoms with Gasteiger partial charge in [-0.15, -0.1) is 0 Å². The van der Waals surface area contributed by atoms with Crippen LogP contribution in [0.25, 0.3) is 22.4 Å². The lowest BCUT2D eigenvalue weighted by Gasteiger charge is -2.28.